The first-order valence-electron chi connectivity index (χ1n) is 7.89. The molecule has 2 rings (SSSR count). The molecule has 1 heterocycles. The molecule has 0 bridgehead atoms. The first-order chi connectivity index (χ1) is 12.3. The summed E-state index contributed by atoms with van der Waals surface area (Å²) in [5.74, 6) is -0.258. The van der Waals surface area contributed by atoms with Crippen molar-refractivity contribution >= 4 is 11.6 Å². The monoisotopic (exact) mass is 371 g/mol. The lowest BCUT2D eigenvalue weighted by Crippen LogP contribution is -2.16. The Morgan fingerprint density at radius 3 is 2.69 bits per heavy atom. The Balaban J connectivity index is 2.10. The number of imidazole rings is 1. The van der Waals surface area contributed by atoms with Crippen LogP contribution >= 0.6 is 0 Å². The maximum absolute atomic E-state index is 12.9. The number of ether oxygens (including phenoxy) is 2. The SMILES string of the molecule is COCCOc1ccc(C(F)(F)F)cc1NC(=O)CCc1cncn1C. The number of carbonyl (C=O) groups excluding carboxylic acids is 1. The van der Waals surface area contributed by atoms with Crippen LogP contribution in [0, 0.1) is 0 Å². The molecule has 1 aromatic carbocycles. The summed E-state index contributed by atoms with van der Waals surface area (Å²) in [5.41, 5.74) is -0.0368. The second-order valence-electron chi connectivity index (χ2n) is 5.59. The highest BCUT2D eigenvalue weighted by Crippen LogP contribution is 2.35. The van der Waals surface area contributed by atoms with Crippen LogP contribution < -0.4 is 10.1 Å². The lowest BCUT2D eigenvalue weighted by molar-refractivity contribution is -0.137. The molecule has 1 amide bonds. The molecule has 0 spiro atoms. The van der Waals surface area contributed by atoms with Crippen LogP contribution in [0.2, 0.25) is 0 Å². The lowest BCUT2D eigenvalue weighted by atomic mass is 10.1. The number of halogens is 3. The fraction of sp³-hybridized carbons (Fsp3) is 0.412. The van der Waals surface area contributed by atoms with Crippen LogP contribution in [-0.2, 0) is 29.2 Å². The van der Waals surface area contributed by atoms with Crippen molar-refractivity contribution in [3.63, 3.8) is 0 Å². The van der Waals surface area contributed by atoms with Crippen molar-refractivity contribution in [2.24, 2.45) is 7.05 Å². The fourth-order valence-corrected chi connectivity index (χ4v) is 2.24. The standard InChI is InChI=1S/C17H20F3N3O3/c1-23-11-21-10-13(23)4-6-16(24)22-14-9-12(17(18,19)20)3-5-15(14)26-8-7-25-2/h3,5,9-11H,4,6-8H2,1-2H3,(H,22,24). The van der Waals surface area contributed by atoms with Gasteiger partial charge in [0, 0.05) is 32.5 Å². The molecule has 26 heavy (non-hydrogen) atoms. The van der Waals surface area contributed by atoms with E-state index in [0.29, 0.717) is 6.42 Å². The van der Waals surface area contributed by atoms with Crippen molar-refractivity contribution < 1.29 is 27.4 Å². The Labute approximate surface area is 148 Å². The normalized spacial score (nSPS) is 11.4. The molecular formula is C17H20F3N3O3. The molecule has 1 N–H and O–H groups in total. The average molecular weight is 371 g/mol. The summed E-state index contributed by atoms with van der Waals surface area (Å²) in [7, 11) is 3.28. The van der Waals surface area contributed by atoms with E-state index in [9.17, 15) is 18.0 Å². The summed E-state index contributed by atoms with van der Waals surface area (Å²) >= 11 is 0. The maximum Gasteiger partial charge on any atom is 0.416 e. The molecule has 0 atom stereocenters. The van der Waals surface area contributed by atoms with Crippen molar-refractivity contribution in [1.29, 1.82) is 0 Å². The second kappa shape index (κ2) is 8.70. The molecule has 9 heteroatoms. The quantitative estimate of drug-likeness (QED) is 0.725. The van der Waals surface area contributed by atoms with Gasteiger partial charge in [0.25, 0.3) is 0 Å². The molecule has 0 unspecified atom stereocenters. The van der Waals surface area contributed by atoms with Gasteiger partial charge in [-0.05, 0) is 24.6 Å². The minimum absolute atomic E-state index is 0.0223. The number of benzene rings is 1. The van der Waals surface area contributed by atoms with Crippen molar-refractivity contribution in [2.45, 2.75) is 19.0 Å². The van der Waals surface area contributed by atoms with Gasteiger partial charge in [0.15, 0.2) is 0 Å². The van der Waals surface area contributed by atoms with Gasteiger partial charge in [-0.2, -0.15) is 13.2 Å². The highest BCUT2D eigenvalue weighted by molar-refractivity contribution is 5.92. The Morgan fingerprint density at radius 1 is 1.31 bits per heavy atom. The Hall–Kier alpha value is -2.55. The zero-order valence-electron chi connectivity index (χ0n) is 14.5. The molecule has 0 fully saturated rings. The lowest BCUT2D eigenvalue weighted by Gasteiger charge is -2.15. The first-order valence-corrected chi connectivity index (χ1v) is 7.89. The van der Waals surface area contributed by atoms with E-state index in [-0.39, 0.29) is 31.1 Å². The number of amides is 1. The molecule has 0 saturated carbocycles. The van der Waals surface area contributed by atoms with Crippen LogP contribution in [0.25, 0.3) is 0 Å². The van der Waals surface area contributed by atoms with E-state index in [1.54, 1.807) is 24.1 Å². The third-order valence-corrected chi connectivity index (χ3v) is 3.65. The van der Waals surface area contributed by atoms with Crippen molar-refractivity contribution in [3.8, 4) is 5.75 Å². The number of nitrogens with one attached hydrogen (secondary N) is 1. The van der Waals surface area contributed by atoms with Crippen LogP contribution in [0.1, 0.15) is 17.7 Å². The predicted octanol–water partition coefficient (Wildman–Crippen LogP) is 3.04. The fourth-order valence-electron chi connectivity index (χ4n) is 2.24. The minimum Gasteiger partial charge on any atom is -0.489 e. The summed E-state index contributed by atoms with van der Waals surface area (Å²) in [6.45, 7) is 0.425. The van der Waals surface area contributed by atoms with E-state index in [1.807, 2.05) is 0 Å². The number of rotatable bonds is 8. The molecule has 0 saturated heterocycles. The molecule has 0 aliphatic rings. The highest BCUT2D eigenvalue weighted by atomic mass is 19.4. The smallest absolute Gasteiger partial charge is 0.416 e. The molecule has 142 valence electrons. The number of alkyl halides is 3. The number of carbonyl (C=O) groups is 1. The number of aryl methyl sites for hydroxylation is 2. The number of hydrogen-bond donors (Lipinski definition) is 1. The largest absolute Gasteiger partial charge is 0.489 e. The third kappa shape index (κ3) is 5.48. The number of aromatic nitrogens is 2. The van der Waals surface area contributed by atoms with Gasteiger partial charge in [-0.25, -0.2) is 4.98 Å². The zero-order chi connectivity index (χ0) is 19.2. The van der Waals surface area contributed by atoms with E-state index >= 15 is 0 Å². The minimum atomic E-state index is -4.51. The third-order valence-electron chi connectivity index (χ3n) is 3.65. The maximum atomic E-state index is 12.9. The van der Waals surface area contributed by atoms with Gasteiger partial charge in [-0.1, -0.05) is 0 Å². The van der Waals surface area contributed by atoms with Crippen molar-refractivity contribution in [2.75, 3.05) is 25.6 Å². The van der Waals surface area contributed by atoms with Crippen LogP contribution in [0.4, 0.5) is 18.9 Å². The van der Waals surface area contributed by atoms with Crippen LogP contribution in [0.5, 0.6) is 5.75 Å². The van der Waals surface area contributed by atoms with Gasteiger partial charge in [-0.15, -0.1) is 0 Å². The molecule has 0 aliphatic heterocycles. The number of methoxy groups -OCH3 is 1. The van der Waals surface area contributed by atoms with Crippen LogP contribution in [0.15, 0.2) is 30.7 Å². The average Bonchev–Trinajstić information content (AvgIpc) is 2.98. The van der Waals surface area contributed by atoms with Gasteiger partial charge >= 0.3 is 6.18 Å². The molecule has 2 aromatic rings. The Morgan fingerprint density at radius 2 is 2.08 bits per heavy atom. The molecule has 1 aromatic heterocycles. The van der Waals surface area contributed by atoms with Gasteiger partial charge in [0.05, 0.1) is 24.2 Å². The van der Waals surface area contributed by atoms with E-state index in [4.69, 9.17) is 9.47 Å². The number of nitrogens with zero attached hydrogens (tertiary/aromatic N) is 2. The van der Waals surface area contributed by atoms with E-state index in [0.717, 1.165) is 17.8 Å². The summed E-state index contributed by atoms with van der Waals surface area (Å²) < 4.78 is 50.8. The second-order valence-corrected chi connectivity index (χ2v) is 5.59. The highest BCUT2D eigenvalue weighted by Gasteiger charge is 2.31. The van der Waals surface area contributed by atoms with Gasteiger partial charge in [0.1, 0.15) is 12.4 Å². The number of hydrogen-bond acceptors (Lipinski definition) is 4. The molecular weight excluding hydrogens is 351 g/mol. The first kappa shape index (κ1) is 19.8. The van der Waals surface area contributed by atoms with Gasteiger partial charge in [-0.3, -0.25) is 4.79 Å². The summed E-state index contributed by atoms with van der Waals surface area (Å²) in [6, 6.07) is 2.97. The van der Waals surface area contributed by atoms with Crippen LogP contribution in [0.3, 0.4) is 0 Å². The summed E-state index contributed by atoms with van der Waals surface area (Å²) in [6.07, 6.45) is -0.744. The predicted molar refractivity (Wildman–Crippen MR) is 89.0 cm³/mol. The molecule has 6 nitrogen and oxygen atoms in total. The summed E-state index contributed by atoms with van der Waals surface area (Å²) in [5, 5.41) is 2.50. The van der Waals surface area contributed by atoms with E-state index in [1.165, 1.54) is 13.2 Å². The van der Waals surface area contributed by atoms with Gasteiger partial charge < -0.3 is 19.4 Å². The summed E-state index contributed by atoms with van der Waals surface area (Å²) in [4.78, 5) is 16.1. The molecule has 0 radical (unpaired) electrons. The van der Waals surface area contributed by atoms with E-state index in [2.05, 4.69) is 10.3 Å². The van der Waals surface area contributed by atoms with Gasteiger partial charge in [0.2, 0.25) is 5.91 Å². The Bertz CT molecular complexity index is 744. The number of anilines is 1. The Kier molecular flexibility index (Phi) is 6.62. The molecule has 0 aliphatic carbocycles. The topological polar surface area (TPSA) is 65.4 Å². The van der Waals surface area contributed by atoms with Crippen molar-refractivity contribution in [1.82, 2.24) is 9.55 Å². The van der Waals surface area contributed by atoms with E-state index < -0.39 is 17.6 Å². The van der Waals surface area contributed by atoms with Crippen molar-refractivity contribution in [3.05, 3.63) is 42.0 Å². The van der Waals surface area contributed by atoms with Crippen LogP contribution in [-0.4, -0.2) is 35.8 Å². The zero-order valence-corrected chi connectivity index (χ0v) is 14.5.